The van der Waals surface area contributed by atoms with Crippen molar-refractivity contribution < 1.29 is 4.79 Å². The molecule has 5 heteroatoms. The molecular formula is C13H17BrN2OS. The van der Waals surface area contributed by atoms with E-state index in [0.717, 1.165) is 10.2 Å². The Morgan fingerprint density at radius 1 is 1.28 bits per heavy atom. The molecule has 1 amide bonds. The van der Waals surface area contributed by atoms with Crippen molar-refractivity contribution in [3.8, 4) is 0 Å². The van der Waals surface area contributed by atoms with Gasteiger partial charge in [0.1, 0.15) is 0 Å². The molecule has 0 spiro atoms. The summed E-state index contributed by atoms with van der Waals surface area (Å²) in [5.74, 6) is -0.0721. The molecule has 0 saturated heterocycles. The summed E-state index contributed by atoms with van der Waals surface area (Å²) in [5, 5.41) is 5.96. The molecule has 98 valence electrons. The molecule has 1 aromatic rings. The van der Waals surface area contributed by atoms with Gasteiger partial charge in [0.25, 0.3) is 0 Å². The van der Waals surface area contributed by atoms with E-state index < -0.39 is 0 Å². The summed E-state index contributed by atoms with van der Waals surface area (Å²) in [6.07, 6.45) is 0.440. The van der Waals surface area contributed by atoms with Gasteiger partial charge in [-0.05, 0) is 41.9 Å². The monoisotopic (exact) mass is 328 g/mol. The van der Waals surface area contributed by atoms with Crippen LogP contribution in [0.3, 0.4) is 0 Å². The van der Waals surface area contributed by atoms with Crippen LogP contribution in [-0.2, 0) is 4.79 Å². The van der Waals surface area contributed by atoms with E-state index >= 15 is 0 Å². The number of thiocarbonyl (C=S) groups is 1. The number of rotatable bonds is 2. The number of halogens is 1. The molecule has 1 rings (SSSR count). The minimum Gasteiger partial charge on any atom is -0.332 e. The van der Waals surface area contributed by atoms with Crippen LogP contribution in [0.1, 0.15) is 27.2 Å². The summed E-state index contributed by atoms with van der Waals surface area (Å²) in [7, 11) is 0. The van der Waals surface area contributed by atoms with Crippen molar-refractivity contribution in [1.82, 2.24) is 5.32 Å². The Hall–Kier alpha value is -0.940. The number of carbonyl (C=O) groups excluding carboxylic acids is 1. The Labute approximate surface area is 121 Å². The molecule has 1 aromatic carbocycles. The van der Waals surface area contributed by atoms with Crippen LogP contribution in [0.4, 0.5) is 5.69 Å². The van der Waals surface area contributed by atoms with Gasteiger partial charge in [-0.1, -0.05) is 36.7 Å². The Bertz CT molecular complexity index is 437. The summed E-state index contributed by atoms with van der Waals surface area (Å²) in [4.78, 5) is 11.7. The van der Waals surface area contributed by atoms with E-state index in [1.807, 2.05) is 45.0 Å². The minimum absolute atomic E-state index is 0.0443. The summed E-state index contributed by atoms with van der Waals surface area (Å²) in [5.41, 5.74) is 0.802. The predicted molar refractivity (Wildman–Crippen MR) is 82.6 cm³/mol. The van der Waals surface area contributed by atoms with Crippen molar-refractivity contribution in [2.24, 2.45) is 5.41 Å². The lowest BCUT2D eigenvalue weighted by Crippen LogP contribution is -2.36. The molecule has 0 heterocycles. The first-order valence-electron chi connectivity index (χ1n) is 5.63. The number of benzene rings is 1. The Balaban J connectivity index is 2.47. The number of carbonyl (C=O) groups is 1. The lowest BCUT2D eigenvalue weighted by molar-refractivity contribution is -0.121. The van der Waals surface area contributed by atoms with Crippen molar-refractivity contribution in [3.63, 3.8) is 0 Å². The van der Waals surface area contributed by atoms with E-state index in [2.05, 4.69) is 26.6 Å². The van der Waals surface area contributed by atoms with E-state index in [1.54, 1.807) is 0 Å². The van der Waals surface area contributed by atoms with Crippen LogP contribution in [0.25, 0.3) is 0 Å². The van der Waals surface area contributed by atoms with Gasteiger partial charge in [-0.3, -0.25) is 4.79 Å². The molecule has 0 unspecified atom stereocenters. The molecule has 0 atom stereocenters. The van der Waals surface area contributed by atoms with Gasteiger partial charge in [-0.25, -0.2) is 0 Å². The maximum atomic E-state index is 11.7. The zero-order chi connectivity index (χ0) is 13.8. The van der Waals surface area contributed by atoms with Crippen LogP contribution in [-0.4, -0.2) is 11.0 Å². The first kappa shape index (κ1) is 15.1. The minimum atomic E-state index is -0.0721. The van der Waals surface area contributed by atoms with Crippen LogP contribution in [0.2, 0.25) is 0 Å². The number of hydrogen-bond acceptors (Lipinski definition) is 2. The van der Waals surface area contributed by atoms with Gasteiger partial charge in [-0.2, -0.15) is 0 Å². The molecule has 0 aliphatic rings. The molecule has 0 saturated carbocycles. The second-order valence-corrected chi connectivity index (χ2v) is 6.57. The highest BCUT2D eigenvalue weighted by molar-refractivity contribution is 9.10. The number of hydrogen-bond donors (Lipinski definition) is 2. The third-order valence-corrected chi connectivity index (χ3v) is 2.78. The largest absolute Gasteiger partial charge is 0.332 e. The van der Waals surface area contributed by atoms with Crippen molar-refractivity contribution in [3.05, 3.63) is 28.7 Å². The average molecular weight is 329 g/mol. The van der Waals surface area contributed by atoms with Crippen LogP contribution < -0.4 is 10.6 Å². The molecule has 0 aliphatic heterocycles. The van der Waals surface area contributed by atoms with Gasteiger partial charge < -0.3 is 10.6 Å². The number of amides is 1. The first-order chi connectivity index (χ1) is 8.26. The molecule has 0 radical (unpaired) electrons. The van der Waals surface area contributed by atoms with Gasteiger partial charge in [0.05, 0.1) is 0 Å². The summed E-state index contributed by atoms with van der Waals surface area (Å²) in [6.45, 7) is 6.04. The second kappa shape index (κ2) is 6.29. The Morgan fingerprint density at radius 2 is 1.83 bits per heavy atom. The number of nitrogens with one attached hydrogen (secondary N) is 2. The van der Waals surface area contributed by atoms with Gasteiger partial charge in [0.15, 0.2) is 5.11 Å². The van der Waals surface area contributed by atoms with Crippen molar-refractivity contribution >= 4 is 44.9 Å². The lowest BCUT2D eigenvalue weighted by atomic mass is 9.92. The SMILES string of the molecule is CC(C)(C)CC(=O)NC(=S)Nc1ccc(Br)cc1. The normalized spacial score (nSPS) is 10.9. The van der Waals surface area contributed by atoms with E-state index in [9.17, 15) is 4.79 Å². The van der Waals surface area contributed by atoms with Crippen molar-refractivity contribution in [2.75, 3.05) is 5.32 Å². The third kappa shape index (κ3) is 6.12. The van der Waals surface area contributed by atoms with Crippen LogP contribution >= 0.6 is 28.1 Å². The predicted octanol–water partition coefficient (Wildman–Crippen LogP) is 3.70. The molecule has 0 aromatic heterocycles. The molecule has 2 N–H and O–H groups in total. The highest BCUT2D eigenvalue weighted by Gasteiger charge is 2.16. The standard InChI is InChI=1S/C13H17BrN2OS/c1-13(2,3)8-11(17)16-12(18)15-10-6-4-9(14)5-7-10/h4-7H,8H2,1-3H3,(H2,15,16,17,18). The van der Waals surface area contributed by atoms with E-state index in [0.29, 0.717) is 11.5 Å². The summed E-state index contributed by atoms with van der Waals surface area (Å²) in [6, 6.07) is 7.57. The van der Waals surface area contributed by atoms with Crippen LogP contribution in [0, 0.1) is 5.41 Å². The van der Waals surface area contributed by atoms with Gasteiger partial charge >= 0.3 is 0 Å². The fourth-order valence-corrected chi connectivity index (χ4v) is 1.84. The second-order valence-electron chi connectivity index (χ2n) is 5.25. The quantitative estimate of drug-likeness (QED) is 0.813. The zero-order valence-electron chi connectivity index (χ0n) is 10.7. The Kier molecular flexibility index (Phi) is 5.28. The number of anilines is 1. The fourth-order valence-electron chi connectivity index (χ4n) is 1.35. The smallest absolute Gasteiger partial charge is 0.226 e. The summed E-state index contributed by atoms with van der Waals surface area (Å²) < 4.78 is 0.996. The maximum Gasteiger partial charge on any atom is 0.226 e. The highest BCUT2D eigenvalue weighted by Crippen LogP contribution is 2.18. The van der Waals surface area contributed by atoms with Crippen LogP contribution in [0.5, 0.6) is 0 Å². The molecule has 0 aliphatic carbocycles. The van der Waals surface area contributed by atoms with E-state index in [1.165, 1.54) is 0 Å². The zero-order valence-corrected chi connectivity index (χ0v) is 13.1. The maximum absolute atomic E-state index is 11.7. The molecule has 0 fully saturated rings. The lowest BCUT2D eigenvalue weighted by Gasteiger charge is -2.17. The first-order valence-corrected chi connectivity index (χ1v) is 6.83. The van der Waals surface area contributed by atoms with Gasteiger partial charge in [0, 0.05) is 16.6 Å². The third-order valence-electron chi connectivity index (χ3n) is 2.05. The van der Waals surface area contributed by atoms with Crippen molar-refractivity contribution in [1.29, 1.82) is 0 Å². The Morgan fingerprint density at radius 3 is 2.33 bits per heavy atom. The van der Waals surface area contributed by atoms with E-state index in [4.69, 9.17) is 12.2 Å². The topological polar surface area (TPSA) is 41.1 Å². The highest BCUT2D eigenvalue weighted by atomic mass is 79.9. The molecule has 3 nitrogen and oxygen atoms in total. The van der Waals surface area contributed by atoms with Gasteiger partial charge in [-0.15, -0.1) is 0 Å². The van der Waals surface area contributed by atoms with Crippen LogP contribution in [0.15, 0.2) is 28.7 Å². The van der Waals surface area contributed by atoms with Gasteiger partial charge in [0.2, 0.25) is 5.91 Å². The molecular weight excluding hydrogens is 312 g/mol. The van der Waals surface area contributed by atoms with Crippen molar-refractivity contribution in [2.45, 2.75) is 27.2 Å². The fraction of sp³-hybridized carbons (Fsp3) is 0.385. The molecule has 0 bridgehead atoms. The van der Waals surface area contributed by atoms with E-state index in [-0.39, 0.29) is 11.3 Å². The summed E-state index contributed by atoms with van der Waals surface area (Å²) >= 11 is 8.43. The molecule has 18 heavy (non-hydrogen) atoms. The average Bonchev–Trinajstić information content (AvgIpc) is 2.18.